The van der Waals surface area contributed by atoms with E-state index in [1.165, 1.54) is 81.8 Å². The Morgan fingerprint density at radius 3 is 0.658 bits per heavy atom. The first-order valence-corrected chi connectivity index (χ1v) is 27.2. The Kier molecular flexibility index (Phi) is 25.0. The minimum absolute atomic E-state index is 0. The molecule has 79 heavy (non-hydrogen) atoms. The summed E-state index contributed by atoms with van der Waals surface area (Å²) in [7, 11) is 0. The summed E-state index contributed by atoms with van der Waals surface area (Å²) >= 11 is 0. The van der Waals surface area contributed by atoms with Crippen LogP contribution in [0.25, 0.3) is 0 Å². The molecule has 9 heteroatoms. The quantitative estimate of drug-likeness (QED) is 0.114. The van der Waals surface area contributed by atoms with E-state index < -0.39 is 12.3 Å². The zero-order chi connectivity index (χ0) is 54.4. The first kappa shape index (κ1) is 59.8. The van der Waals surface area contributed by atoms with Crippen LogP contribution in [0.4, 0.5) is 0 Å². The number of rotatable bonds is 12. The van der Waals surface area contributed by atoms with Gasteiger partial charge < -0.3 is 0 Å². The largest absolute Gasteiger partial charge is 2.00 e. The molecule has 0 saturated carbocycles. The van der Waals surface area contributed by atoms with E-state index in [2.05, 4.69) is 287 Å². The average Bonchev–Trinajstić information content (AvgIpc) is 3.51. The molecule has 3 heterocycles. The minimum Gasteiger partial charge on any atom is -0.297 e. The Hall–Kier alpha value is -8.40. The Balaban J connectivity index is 0.000000181. The maximum atomic E-state index is 7.32. The van der Waals surface area contributed by atoms with E-state index in [4.69, 9.17) is 10.5 Å². The summed E-state index contributed by atoms with van der Waals surface area (Å²) < 4.78 is 0. The van der Waals surface area contributed by atoms with Crippen LogP contribution in [0.2, 0.25) is 0 Å². The van der Waals surface area contributed by atoms with Crippen LogP contribution in [0.5, 0.6) is 0 Å². The van der Waals surface area contributed by atoms with Crippen molar-refractivity contribution in [1.82, 2.24) is 19.8 Å². The molecule has 1 fully saturated rings. The van der Waals surface area contributed by atoms with Gasteiger partial charge in [-0.1, -0.05) is 255 Å². The smallest absolute Gasteiger partial charge is 0.297 e. The van der Waals surface area contributed by atoms with Gasteiger partial charge in [-0.15, -0.1) is 0 Å². The summed E-state index contributed by atoms with van der Waals surface area (Å²) in [6, 6.07) is 103. The van der Waals surface area contributed by atoms with Gasteiger partial charge in [-0.05, 0) is 63.3 Å². The van der Waals surface area contributed by atoms with Crippen LogP contribution < -0.4 is 43.7 Å². The predicted molar refractivity (Wildman–Crippen MR) is 331 cm³/mol. The van der Waals surface area contributed by atoms with Crippen molar-refractivity contribution in [3.05, 3.63) is 303 Å². The first-order chi connectivity index (χ1) is 38.6. The Morgan fingerprint density at radius 2 is 0.494 bits per heavy atom. The van der Waals surface area contributed by atoms with Crippen molar-refractivity contribution in [3.63, 3.8) is 0 Å². The number of nitriles is 2. The third-order valence-electron chi connectivity index (χ3n) is 14.5. The van der Waals surface area contributed by atoms with Gasteiger partial charge in [-0.2, -0.15) is 54.2 Å². The maximum Gasteiger partial charge on any atom is 2.00 e. The topological polar surface area (TPSA) is 79.8 Å². The summed E-state index contributed by atoms with van der Waals surface area (Å²) in [4.78, 5) is 13.9. The summed E-state index contributed by atoms with van der Waals surface area (Å²) in [5.74, 6) is 0. The molecule has 1 aliphatic rings. The summed E-state index contributed by atoms with van der Waals surface area (Å²) in [6.45, 7) is 9.40. The van der Waals surface area contributed by atoms with Gasteiger partial charge in [0, 0.05) is 39.3 Å². The second-order valence-electron chi connectivity index (χ2n) is 19.4. The fourth-order valence-electron chi connectivity index (χ4n) is 11.3. The molecule has 1 saturated heterocycles. The van der Waals surface area contributed by atoms with E-state index in [0.29, 0.717) is 0 Å². The van der Waals surface area contributed by atoms with E-state index >= 15 is 0 Å². The van der Waals surface area contributed by atoms with Crippen molar-refractivity contribution in [3.8, 4) is 12.1 Å². The molecular weight excluding hydrogens is 1010 g/mol. The fourth-order valence-corrected chi connectivity index (χ4v) is 11.3. The van der Waals surface area contributed by atoms with Crippen LogP contribution in [-0.2, 0) is 29.9 Å². The molecule has 11 rings (SSSR count). The van der Waals surface area contributed by atoms with Gasteiger partial charge in [0.15, 0.2) is 0 Å². The third kappa shape index (κ3) is 16.3. The van der Waals surface area contributed by atoms with E-state index in [-0.39, 0.29) is 16.8 Å². The number of hydrogen-bond acceptors (Lipinski definition) is 6. The Bertz CT molecular complexity index is 2710. The van der Waals surface area contributed by atoms with Crippen LogP contribution >= 0.6 is 0 Å². The van der Waals surface area contributed by atoms with Crippen LogP contribution in [0.1, 0.15) is 38.1 Å². The number of benzene rings is 8. The van der Waals surface area contributed by atoms with Gasteiger partial charge in [-0.3, -0.25) is 19.8 Å². The molecule has 1 aliphatic heterocycles. The number of hydrogen-bond donors (Lipinski definition) is 0. The number of nitrogens with zero attached hydrogens (tertiary/aromatic N) is 6. The minimum atomic E-state index is -1.22. The van der Waals surface area contributed by atoms with Crippen molar-refractivity contribution in [1.29, 1.82) is 10.5 Å². The normalized spacial score (nSPS) is 12.3. The Morgan fingerprint density at radius 1 is 0.316 bits per heavy atom. The molecule has 0 amide bonds. The SMILES string of the molecule is CC#N.CC#N.[Co+2].c1ccc(CN2CCCN(Cc3ccccn3)CCC2)nc1.c1ccc([B-](c2ccccc2)(c2ccccc2)c2ccccc2)cc1.c1ccc([B-](c2ccccc2)(c2ccccc2)c2ccccc2)cc1. The van der Waals surface area contributed by atoms with Crippen LogP contribution in [-0.4, -0.2) is 58.2 Å². The molecular formula is C70H70B2CoN6. The first-order valence-electron chi connectivity index (χ1n) is 27.2. The molecule has 0 bridgehead atoms. The molecule has 6 nitrogen and oxygen atoms in total. The standard InChI is InChI=1S/2C24H20B.C18H24N4.2C2H3N.Co/c2*1-5-13-21(14-6-1)25(22-15-7-2-8-16-22,23-17-9-3-10-18-23)24-19-11-4-12-20-24;1-3-9-19-17(7-1)15-21-11-5-13-22(14-6-12-21)16-18-8-2-4-10-20-18;2*1-2-3;/h2*1-20H;1-4,7-10H,5-6,11-16H2;2*1H3;/q2*-1;;;;+2. The van der Waals surface area contributed by atoms with Gasteiger partial charge in [0.05, 0.1) is 23.5 Å². The molecule has 395 valence electrons. The molecule has 0 unspecified atom stereocenters. The summed E-state index contributed by atoms with van der Waals surface area (Å²) in [6.07, 6.45) is 3.75. The number of aromatic nitrogens is 2. The average molecular weight is 1080 g/mol. The second-order valence-corrected chi connectivity index (χ2v) is 19.4. The van der Waals surface area contributed by atoms with E-state index in [0.717, 1.165) is 39.3 Å². The molecule has 0 spiro atoms. The van der Waals surface area contributed by atoms with Crippen molar-refractivity contribution >= 4 is 56.0 Å². The van der Waals surface area contributed by atoms with Gasteiger partial charge in [0.25, 0.3) is 0 Å². The van der Waals surface area contributed by atoms with E-state index in [9.17, 15) is 0 Å². The summed E-state index contributed by atoms with van der Waals surface area (Å²) in [5, 5.41) is 14.6. The van der Waals surface area contributed by atoms with Crippen LogP contribution in [0.15, 0.2) is 291 Å². The Labute approximate surface area is 481 Å². The zero-order valence-corrected chi connectivity index (χ0v) is 46.6. The molecule has 10 aromatic rings. The molecule has 0 N–H and O–H groups in total. The van der Waals surface area contributed by atoms with Gasteiger partial charge in [0.1, 0.15) is 12.3 Å². The molecule has 0 aliphatic carbocycles. The third-order valence-corrected chi connectivity index (χ3v) is 14.5. The van der Waals surface area contributed by atoms with Crippen molar-refractivity contribution in [2.45, 2.75) is 39.8 Å². The maximum absolute atomic E-state index is 7.32. The molecule has 1 radical (unpaired) electrons. The van der Waals surface area contributed by atoms with E-state index in [1.54, 1.807) is 12.1 Å². The van der Waals surface area contributed by atoms with Gasteiger partial charge in [0.2, 0.25) is 0 Å². The van der Waals surface area contributed by atoms with Crippen LogP contribution in [0.3, 0.4) is 0 Å². The van der Waals surface area contributed by atoms with E-state index in [1.807, 2.05) is 24.5 Å². The fraction of sp³-hybridized carbons (Fsp3) is 0.143. The summed E-state index contributed by atoms with van der Waals surface area (Å²) in [5.41, 5.74) is 13.1. The van der Waals surface area contributed by atoms with Gasteiger partial charge >= 0.3 is 16.8 Å². The van der Waals surface area contributed by atoms with Crippen molar-refractivity contribution in [2.24, 2.45) is 0 Å². The van der Waals surface area contributed by atoms with Crippen molar-refractivity contribution in [2.75, 3.05) is 26.2 Å². The predicted octanol–water partition coefficient (Wildman–Crippen LogP) is 9.76. The molecule has 8 aromatic carbocycles. The van der Waals surface area contributed by atoms with Gasteiger partial charge in [-0.25, -0.2) is 0 Å². The number of pyridine rings is 2. The second kappa shape index (κ2) is 33.0. The van der Waals surface area contributed by atoms with Crippen molar-refractivity contribution < 1.29 is 16.8 Å². The van der Waals surface area contributed by atoms with Crippen LogP contribution in [0, 0.1) is 22.7 Å². The zero-order valence-electron chi connectivity index (χ0n) is 45.5. The molecule has 0 atom stereocenters. The monoisotopic (exact) mass is 1080 g/mol. The molecule has 2 aromatic heterocycles.